The Hall–Kier alpha value is -1.87. The van der Waals surface area contributed by atoms with Crippen molar-refractivity contribution in [1.82, 2.24) is 4.98 Å². The summed E-state index contributed by atoms with van der Waals surface area (Å²) in [6.07, 6.45) is 0. The highest BCUT2D eigenvalue weighted by atomic mass is 16.5. The number of benzene rings is 1. The maximum atomic E-state index is 5.80. The Labute approximate surface area is 120 Å². The molecule has 0 aliphatic heterocycles. The quantitative estimate of drug-likeness (QED) is 0.903. The summed E-state index contributed by atoms with van der Waals surface area (Å²) >= 11 is 0. The number of hydrogen-bond acceptors (Lipinski definition) is 3. The summed E-state index contributed by atoms with van der Waals surface area (Å²) in [5.74, 6) is 1.42. The Morgan fingerprint density at radius 1 is 1.15 bits per heavy atom. The molecule has 0 aliphatic carbocycles. The Kier molecular flexibility index (Phi) is 4.74. The van der Waals surface area contributed by atoms with E-state index in [0.717, 1.165) is 17.1 Å². The third kappa shape index (κ3) is 3.58. The van der Waals surface area contributed by atoms with Gasteiger partial charge in [-0.1, -0.05) is 26.0 Å². The first-order valence-corrected chi connectivity index (χ1v) is 6.98. The number of rotatable bonds is 5. The van der Waals surface area contributed by atoms with Gasteiger partial charge in [-0.3, -0.25) is 4.98 Å². The Morgan fingerprint density at radius 2 is 1.90 bits per heavy atom. The molecule has 3 heteroatoms. The Morgan fingerprint density at radius 3 is 2.55 bits per heavy atom. The van der Waals surface area contributed by atoms with Gasteiger partial charge < -0.3 is 10.5 Å². The standard InChI is InChI=1S/C17H22N2O/c1-12(2)17-8-7-16(9-13(17)3)20-11-15-6-4-5-14(10-18)19-15/h4-9,12H,10-11,18H2,1-3H3. The van der Waals surface area contributed by atoms with Gasteiger partial charge in [-0.2, -0.15) is 0 Å². The highest BCUT2D eigenvalue weighted by molar-refractivity contribution is 5.36. The molecule has 2 N–H and O–H groups in total. The van der Waals surface area contributed by atoms with E-state index in [9.17, 15) is 0 Å². The zero-order chi connectivity index (χ0) is 14.5. The van der Waals surface area contributed by atoms with Crippen molar-refractivity contribution in [2.75, 3.05) is 0 Å². The Bertz CT molecular complexity index is 579. The molecule has 0 unspecified atom stereocenters. The lowest BCUT2D eigenvalue weighted by atomic mass is 9.98. The molecular formula is C17H22N2O. The Balaban J connectivity index is 2.05. The van der Waals surface area contributed by atoms with Gasteiger partial charge in [0.25, 0.3) is 0 Å². The predicted molar refractivity (Wildman–Crippen MR) is 81.7 cm³/mol. The van der Waals surface area contributed by atoms with Gasteiger partial charge >= 0.3 is 0 Å². The van der Waals surface area contributed by atoms with Crippen LogP contribution in [0.25, 0.3) is 0 Å². The van der Waals surface area contributed by atoms with Gasteiger partial charge in [0, 0.05) is 6.54 Å². The zero-order valence-corrected chi connectivity index (χ0v) is 12.4. The molecule has 0 bridgehead atoms. The van der Waals surface area contributed by atoms with E-state index in [0.29, 0.717) is 19.1 Å². The van der Waals surface area contributed by atoms with E-state index in [4.69, 9.17) is 10.5 Å². The lowest BCUT2D eigenvalue weighted by Gasteiger charge is -2.12. The first-order valence-electron chi connectivity index (χ1n) is 6.98. The molecule has 2 rings (SSSR count). The molecule has 0 amide bonds. The minimum Gasteiger partial charge on any atom is -0.487 e. The fourth-order valence-electron chi connectivity index (χ4n) is 2.27. The second-order valence-electron chi connectivity index (χ2n) is 5.29. The molecule has 0 fully saturated rings. The van der Waals surface area contributed by atoms with Gasteiger partial charge in [0.05, 0.1) is 11.4 Å². The largest absolute Gasteiger partial charge is 0.487 e. The fourth-order valence-corrected chi connectivity index (χ4v) is 2.27. The maximum absolute atomic E-state index is 5.80. The smallest absolute Gasteiger partial charge is 0.130 e. The second-order valence-corrected chi connectivity index (χ2v) is 5.29. The van der Waals surface area contributed by atoms with Crippen LogP contribution in [-0.2, 0) is 13.2 Å². The third-order valence-electron chi connectivity index (χ3n) is 3.32. The van der Waals surface area contributed by atoms with E-state index in [1.807, 2.05) is 24.3 Å². The summed E-state index contributed by atoms with van der Waals surface area (Å²) in [5, 5.41) is 0. The van der Waals surface area contributed by atoms with Crippen molar-refractivity contribution in [1.29, 1.82) is 0 Å². The normalized spacial score (nSPS) is 10.8. The molecule has 0 aliphatic rings. The van der Waals surface area contributed by atoms with E-state index in [2.05, 4.69) is 37.9 Å². The van der Waals surface area contributed by atoms with Crippen LogP contribution in [0.4, 0.5) is 0 Å². The van der Waals surface area contributed by atoms with Crippen LogP contribution in [0.2, 0.25) is 0 Å². The summed E-state index contributed by atoms with van der Waals surface area (Å²) in [6.45, 7) is 7.44. The van der Waals surface area contributed by atoms with Crippen molar-refractivity contribution in [2.24, 2.45) is 5.73 Å². The number of hydrogen-bond donors (Lipinski definition) is 1. The summed E-state index contributed by atoms with van der Waals surface area (Å²) in [4.78, 5) is 4.42. The van der Waals surface area contributed by atoms with Crippen LogP contribution in [0.15, 0.2) is 36.4 Å². The fraction of sp³-hybridized carbons (Fsp3) is 0.353. The molecule has 1 heterocycles. The minimum atomic E-state index is 0.454. The van der Waals surface area contributed by atoms with Gasteiger partial charge in [0.1, 0.15) is 12.4 Å². The van der Waals surface area contributed by atoms with Gasteiger partial charge in [0.15, 0.2) is 0 Å². The van der Waals surface area contributed by atoms with Crippen LogP contribution < -0.4 is 10.5 Å². The van der Waals surface area contributed by atoms with Crippen LogP contribution in [-0.4, -0.2) is 4.98 Å². The maximum Gasteiger partial charge on any atom is 0.130 e. The van der Waals surface area contributed by atoms with E-state index < -0.39 is 0 Å². The lowest BCUT2D eigenvalue weighted by molar-refractivity contribution is 0.300. The molecule has 0 saturated carbocycles. The number of aryl methyl sites for hydroxylation is 1. The summed E-state index contributed by atoms with van der Waals surface area (Å²) in [7, 11) is 0. The van der Waals surface area contributed by atoms with Crippen molar-refractivity contribution in [3.63, 3.8) is 0 Å². The summed E-state index contributed by atoms with van der Waals surface area (Å²) in [6, 6.07) is 12.1. The topological polar surface area (TPSA) is 48.1 Å². The zero-order valence-electron chi connectivity index (χ0n) is 12.4. The van der Waals surface area contributed by atoms with E-state index >= 15 is 0 Å². The van der Waals surface area contributed by atoms with Crippen molar-refractivity contribution in [3.05, 3.63) is 58.9 Å². The van der Waals surface area contributed by atoms with E-state index in [-0.39, 0.29) is 0 Å². The average molecular weight is 270 g/mol. The van der Waals surface area contributed by atoms with Gasteiger partial charge in [-0.15, -0.1) is 0 Å². The van der Waals surface area contributed by atoms with Gasteiger partial charge in [-0.05, 0) is 48.2 Å². The van der Waals surface area contributed by atoms with Crippen molar-refractivity contribution in [2.45, 2.75) is 39.8 Å². The van der Waals surface area contributed by atoms with Gasteiger partial charge in [-0.25, -0.2) is 0 Å². The molecule has 20 heavy (non-hydrogen) atoms. The van der Waals surface area contributed by atoms with E-state index in [1.165, 1.54) is 11.1 Å². The molecule has 0 atom stereocenters. The van der Waals surface area contributed by atoms with Crippen molar-refractivity contribution in [3.8, 4) is 5.75 Å². The van der Waals surface area contributed by atoms with E-state index in [1.54, 1.807) is 0 Å². The number of ether oxygens (including phenoxy) is 1. The molecule has 0 saturated heterocycles. The van der Waals surface area contributed by atoms with Crippen LogP contribution in [0, 0.1) is 6.92 Å². The highest BCUT2D eigenvalue weighted by Gasteiger charge is 2.05. The molecule has 0 radical (unpaired) electrons. The first kappa shape index (κ1) is 14.5. The second kappa shape index (κ2) is 6.53. The van der Waals surface area contributed by atoms with Crippen LogP contribution in [0.3, 0.4) is 0 Å². The van der Waals surface area contributed by atoms with Crippen LogP contribution in [0.1, 0.15) is 42.3 Å². The molecule has 1 aromatic heterocycles. The number of aromatic nitrogens is 1. The monoisotopic (exact) mass is 270 g/mol. The minimum absolute atomic E-state index is 0.454. The molecule has 1 aromatic carbocycles. The highest BCUT2D eigenvalue weighted by Crippen LogP contribution is 2.23. The first-order chi connectivity index (χ1) is 9.60. The summed E-state index contributed by atoms with van der Waals surface area (Å²) in [5.41, 5.74) is 10.0. The van der Waals surface area contributed by atoms with Gasteiger partial charge in [0.2, 0.25) is 0 Å². The number of pyridine rings is 1. The predicted octanol–water partition coefficient (Wildman–Crippen LogP) is 3.55. The molecule has 106 valence electrons. The molecule has 0 spiro atoms. The average Bonchev–Trinajstić information content (AvgIpc) is 2.45. The molecule has 3 nitrogen and oxygen atoms in total. The molecule has 2 aromatic rings. The third-order valence-corrected chi connectivity index (χ3v) is 3.32. The number of nitrogens with two attached hydrogens (primary N) is 1. The van der Waals surface area contributed by atoms with Crippen LogP contribution >= 0.6 is 0 Å². The van der Waals surface area contributed by atoms with Crippen LogP contribution in [0.5, 0.6) is 5.75 Å². The SMILES string of the molecule is Cc1cc(OCc2cccc(CN)n2)ccc1C(C)C. The number of nitrogens with zero attached hydrogens (tertiary/aromatic N) is 1. The van der Waals surface area contributed by atoms with Crippen molar-refractivity contribution >= 4 is 0 Å². The van der Waals surface area contributed by atoms with Crippen molar-refractivity contribution < 1.29 is 4.74 Å². The molecular weight excluding hydrogens is 248 g/mol. The summed E-state index contributed by atoms with van der Waals surface area (Å²) < 4.78 is 5.80. The lowest BCUT2D eigenvalue weighted by Crippen LogP contribution is -2.04.